The highest BCUT2D eigenvalue weighted by Crippen LogP contribution is 2.43. The van der Waals surface area contributed by atoms with Crippen LogP contribution in [-0.2, 0) is 0 Å². The molecule has 49 heavy (non-hydrogen) atoms. The van der Waals surface area contributed by atoms with Crippen LogP contribution in [-0.4, -0.2) is 0 Å². The summed E-state index contributed by atoms with van der Waals surface area (Å²) in [4.78, 5) is 0. The summed E-state index contributed by atoms with van der Waals surface area (Å²) in [6.07, 6.45) is 0. The smallest absolute Gasteiger partial charge is 0.136 e. The van der Waals surface area contributed by atoms with E-state index in [1.807, 2.05) is 72.8 Å². The van der Waals surface area contributed by atoms with Crippen LogP contribution in [0.4, 0.5) is 0 Å². The number of hydrogen-bond donors (Lipinski definition) is 0. The normalized spacial score (nSPS) is 16.0. The molecule has 0 amide bonds. The Morgan fingerprint density at radius 2 is 0.857 bits per heavy atom. The molecule has 1 heterocycles. The monoisotopic (exact) mass is 637 g/mol. The summed E-state index contributed by atoms with van der Waals surface area (Å²) in [6, 6.07) is 18.7. The molecule has 10 aromatic rings. The summed E-state index contributed by atoms with van der Waals surface area (Å²) < 4.78 is 141. The van der Waals surface area contributed by atoms with Gasteiger partial charge in [-0.15, -0.1) is 0 Å². The van der Waals surface area contributed by atoms with Crippen molar-refractivity contribution in [2.75, 3.05) is 0 Å². The minimum absolute atomic E-state index is 0.0407. The molecule has 10 rings (SSSR count). The van der Waals surface area contributed by atoms with E-state index in [-0.39, 0.29) is 37.9 Å². The molecule has 0 unspecified atom stereocenters. The van der Waals surface area contributed by atoms with Crippen LogP contribution >= 0.6 is 0 Å². The van der Waals surface area contributed by atoms with E-state index in [4.69, 9.17) is 16.8 Å². The first-order valence-electron chi connectivity index (χ1n) is 23.1. The van der Waals surface area contributed by atoms with Gasteiger partial charge in [0.15, 0.2) is 0 Å². The van der Waals surface area contributed by atoms with Crippen molar-refractivity contribution in [3.05, 3.63) is 182 Å². The highest BCUT2D eigenvalue weighted by molar-refractivity contribution is 6.26. The molecule has 0 radical (unpaired) electrons. The standard InChI is InChI=1S/C48H30O/c1-3-12-31(13-4-1)34-24-26-41-42-27-25-35(30-44(42)40-19-8-7-18-39(40)43(41)29-34)33-16-9-17-36(28-33)38-21-11-23-46-48(38)47-37(20-10-22-45(47)49-46)32-14-5-2-6-15-32/h1-30H/i1D,3D,4D,7D,8D,12D,13D,18D,19D,24D,25D,26D,27D,29D,30D. The molecule has 0 atom stereocenters. The zero-order valence-electron chi connectivity index (χ0n) is 40.6. The second kappa shape index (κ2) is 11.1. The number of hydrogen-bond acceptors (Lipinski definition) is 1. The fourth-order valence-electron chi connectivity index (χ4n) is 6.70. The zero-order valence-corrected chi connectivity index (χ0v) is 25.6. The molecule has 0 N–H and O–H groups in total. The van der Waals surface area contributed by atoms with Crippen molar-refractivity contribution in [2.45, 2.75) is 0 Å². The van der Waals surface area contributed by atoms with Gasteiger partial charge in [0, 0.05) is 10.8 Å². The van der Waals surface area contributed by atoms with Crippen LogP contribution in [0.5, 0.6) is 0 Å². The molecule has 1 heteroatoms. The second-order valence-electron chi connectivity index (χ2n) is 11.7. The first kappa shape index (κ1) is 16.6. The van der Waals surface area contributed by atoms with Crippen LogP contribution in [0.2, 0.25) is 0 Å². The van der Waals surface area contributed by atoms with Crippen molar-refractivity contribution < 1.29 is 25.0 Å². The van der Waals surface area contributed by atoms with Crippen LogP contribution in [0.25, 0.3) is 98.8 Å². The van der Waals surface area contributed by atoms with E-state index in [0.717, 1.165) is 27.5 Å². The predicted molar refractivity (Wildman–Crippen MR) is 208 cm³/mol. The highest BCUT2D eigenvalue weighted by atomic mass is 16.3. The first-order chi connectivity index (χ1) is 30.6. The molecular formula is C48H30O. The quantitative estimate of drug-likeness (QED) is 0.175. The summed E-state index contributed by atoms with van der Waals surface area (Å²) in [7, 11) is 0. The third-order valence-electron chi connectivity index (χ3n) is 8.88. The van der Waals surface area contributed by atoms with E-state index in [1.54, 1.807) is 18.2 Å². The molecule has 0 spiro atoms. The molecule has 0 saturated carbocycles. The Hall–Kier alpha value is -6.44. The van der Waals surface area contributed by atoms with Gasteiger partial charge in [-0.2, -0.15) is 0 Å². The molecule has 9 aromatic carbocycles. The summed E-state index contributed by atoms with van der Waals surface area (Å²) in [5.74, 6) is 0. The lowest BCUT2D eigenvalue weighted by atomic mass is 9.89. The Bertz CT molecular complexity index is 3680. The Kier molecular flexibility index (Phi) is 3.75. The number of rotatable bonds is 4. The molecule has 0 aliphatic rings. The van der Waals surface area contributed by atoms with Gasteiger partial charge in [-0.05, 0) is 107 Å². The van der Waals surface area contributed by atoms with Gasteiger partial charge in [0.05, 0.1) is 20.6 Å². The van der Waals surface area contributed by atoms with Gasteiger partial charge in [0.25, 0.3) is 0 Å². The summed E-state index contributed by atoms with van der Waals surface area (Å²) in [5.41, 5.74) is 3.95. The molecule has 0 fully saturated rings. The third kappa shape index (κ3) is 4.47. The Balaban J connectivity index is 1.31. The van der Waals surface area contributed by atoms with Gasteiger partial charge in [0.1, 0.15) is 11.2 Å². The average Bonchev–Trinajstić information content (AvgIpc) is 3.70. The van der Waals surface area contributed by atoms with E-state index in [0.29, 0.717) is 22.3 Å². The van der Waals surface area contributed by atoms with Crippen LogP contribution < -0.4 is 0 Å². The Morgan fingerprint density at radius 3 is 1.51 bits per heavy atom. The predicted octanol–water partition coefficient (Wildman–Crippen LogP) is 13.7. The lowest BCUT2D eigenvalue weighted by Crippen LogP contribution is -1.87. The van der Waals surface area contributed by atoms with Crippen molar-refractivity contribution in [1.29, 1.82) is 0 Å². The lowest BCUT2D eigenvalue weighted by Gasteiger charge is -2.14. The van der Waals surface area contributed by atoms with Crippen LogP contribution in [0, 0.1) is 0 Å². The van der Waals surface area contributed by atoms with E-state index < -0.39 is 102 Å². The van der Waals surface area contributed by atoms with Gasteiger partial charge >= 0.3 is 0 Å². The third-order valence-corrected chi connectivity index (χ3v) is 8.88. The summed E-state index contributed by atoms with van der Waals surface area (Å²) in [6.45, 7) is 0. The zero-order chi connectivity index (χ0) is 45.4. The minimum Gasteiger partial charge on any atom is -0.456 e. The Morgan fingerprint density at radius 1 is 0.347 bits per heavy atom. The van der Waals surface area contributed by atoms with Crippen LogP contribution in [0.15, 0.2) is 186 Å². The van der Waals surface area contributed by atoms with Crippen LogP contribution in [0.1, 0.15) is 20.6 Å². The van der Waals surface area contributed by atoms with Crippen molar-refractivity contribution in [1.82, 2.24) is 0 Å². The molecule has 0 aliphatic heterocycles. The van der Waals surface area contributed by atoms with Crippen LogP contribution in [0.3, 0.4) is 0 Å². The molecule has 0 saturated heterocycles. The fourth-order valence-corrected chi connectivity index (χ4v) is 6.70. The highest BCUT2D eigenvalue weighted by Gasteiger charge is 2.17. The summed E-state index contributed by atoms with van der Waals surface area (Å²) >= 11 is 0. The Labute approximate surface area is 305 Å². The van der Waals surface area contributed by atoms with E-state index in [9.17, 15) is 8.22 Å². The maximum atomic E-state index is 9.82. The summed E-state index contributed by atoms with van der Waals surface area (Å²) in [5, 5.41) is -0.0126. The average molecular weight is 638 g/mol. The van der Waals surface area contributed by atoms with Crippen molar-refractivity contribution in [3.63, 3.8) is 0 Å². The maximum absolute atomic E-state index is 9.82. The largest absolute Gasteiger partial charge is 0.456 e. The van der Waals surface area contributed by atoms with Crippen molar-refractivity contribution in [3.8, 4) is 44.5 Å². The fraction of sp³-hybridized carbons (Fsp3) is 0. The van der Waals surface area contributed by atoms with E-state index in [1.165, 1.54) is 0 Å². The maximum Gasteiger partial charge on any atom is 0.136 e. The molecule has 228 valence electrons. The minimum atomic E-state index is -0.749. The van der Waals surface area contributed by atoms with Gasteiger partial charge in [-0.25, -0.2) is 0 Å². The molecule has 0 aliphatic carbocycles. The van der Waals surface area contributed by atoms with Gasteiger partial charge in [-0.3, -0.25) is 0 Å². The second-order valence-corrected chi connectivity index (χ2v) is 11.7. The number of fused-ring (bicyclic) bond motifs is 9. The molecule has 1 aromatic heterocycles. The topological polar surface area (TPSA) is 13.1 Å². The lowest BCUT2D eigenvalue weighted by molar-refractivity contribution is 0.669. The molecular weight excluding hydrogens is 593 g/mol. The number of benzene rings is 9. The van der Waals surface area contributed by atoms with E-state index >= 15 is 0 Å². The van der Waals surface area contributed by atoms with Gasteiger partial charge in [0.2, 0.25) is 0 Å². The molecule has 0 bridgehead atoms. The SMILES string of the molecule is [2H]c1c([2H])c([2H])c(-c2c([2H])c([2H])c3c4c([2H])c([2H])c(-c5cccc(-c6cccc7oc8cccc(-c9ccccc9)c8c67)c5)c([2H])c4c4c([2H])c([2H])c([2H])c([2H])c4c3c2[2H])c([2H])c1[2H]. The van der Waals surface area contributed by atoms with E-state index in [2.05, 4.69) is 0 Å². The van der Waals surface area contributed by atoms with Gasteiger partial charge < -0.3 is 4.42 Å². The number of furan rings is 1. The van der Waals surface area contributed by atoms with Gasteiger partial charge in [-0.1, -0.05) is 151 Å². The van der Waals surface area contributed by atoms with Crippen molar-refractivity contribution in [2.24, 2.45) is 0 Å². The van der Waals surface area contributed by atoms with Crippen molar-refractivity contribution >= 4 is 54.3 Å². The molecule has 1 nitrogen and oxygen atoms in total. The first-order valence-corrected chi connectivity index (χ1v) is 15.6.